The van der Waals surface area contributed by atoms with E-state index in [1.54, 1.807) is 4.68 Å². The molecule has 1 aromatic carbocycles. The van der Waals surface area contributed by atoms with Crippen molar-refractivity contribution in [2.75, 3.05) is 25.0 Å². The summed E-state index contributed by atoms with van der Waals surface area (Å²) in [5.41, 5.74) is 5.16. The minimum atomic E-state index is 0.712. The molecule has 1 saturated heterocycles. The first kappa shape index (κ1) is 19.2. The van der Waals surface area contributed by atoms with Gasteiger partial charge in [0.25, 0.3) is 0 Å². The molecule has 0 amide bonds. The van der Waals surface area contributed by atoms with Gasteiger partial charge in [-0.1, -0.05) is 18.2 Å². The zero-order valence-corrected chi connectivity index (χ0v) is 18.2. The molecular weight excluding hydrogens is 400 g/mol. The number of fused-ring (bicyclic) bond motifs is 1. The summed E-state index contributed by atoms with van der Waals surface area (Å²) < 4.78 is 3.62. The van der Waals surface area contributed by atoms with Crippen molar-refractivity contribution in [3.8, 4) is 33.6 Å². The Morgan fingerprint density at radius 2 is 1.66 bits per heavy atom. The standard InChI is InChI=1S/C24H26N8/c1-31-13-17(7-28-31)15-4-3-5-16(6-15)23-26-11-19(18-8-29-32(2)14-18)24(30-23)27-12-22-20-9-25-10-21(20)22/h3-8,11,13-14,20-22,25H,9-10,12H2,1-2H3,(H,26,27,30)/t20-,21+,22?. The van der Waals surface area contributed by atoms with Crippen molar-refractivity contribution in [1.29, 1.82) is 0 Å². The third kappa shape index (κ3) is 3.46. The van der Waals surface area contributed by atoms with Gasteiger partial charge in [-0.3, -0.25) is 9.36 Å². The van der Waals surface area contributed by atoms with Gasteiger partial charge in [-0.15, -0.1) is 0 Å². The molecule has 3 aromatic heterocycles. The molecule has 2 fully saturated rings. The van der Waals surface area contributed by atoms with E-state index in [0.717, 1.165) is 71.0 Å². The molecule has 1 unspecified atom stereocenters. The number of nitrogens with one attached hydrogen (secondary N) is 2. The van der Waals surface area contributed by atoms with Crippen LogP contribution >= 0.6 is 0 Å². The fourth-order valence-electron chi connectivity index (χ4n) is 4.90. The number of hydrogen-bond acceptors (Lipinski definition) is 6. The molecule has 32 heavy (non-hydrogen) atoms. The first-order chi connectivity index (χ1) is 15.7. The second kappa shape index (κ2) is 7.56. The number of anilines is 1. The lowest BCUT2D eigenvalue weighted by Crippen LogP contribution is -2.19. The van der Waals surface area contributed by atoms with Crippen LogP contribution in [0.4, 0.5) is 5.82 Å². The van der Waals surface area contributed by atoms with Crippen LogP contribution in [0.2, 0.25) is 0 Å². The Balaban J connectivity index is 1.33. The van der Waals surface area contributed by atoms with Gasteiger partial charge in [0.15, 0.2) is 5.82 Å². The van der Waals surface area contributed by atoms with E-state index < -0.39 is 0 Å². The summed E-state index contributed by atoms with van der Waals surface area (Å²) in [4.78, 5) is 9.68. The molecule has 8 heteroatoms. The monoisotopic (exact) mass is 426 g/mol. The maximum Gasteiger partial charge on any atom is 0.161 e. The van der Waals surface area contributed by atoms with Crippen molar-refractivity contribution < 1.29 is 0 Å². The average Bonchev–Trinajstić information content (AvgIpc) is 3.28. The molecule has 2 N–H and O–H groups in total. The number of hydrogen-bond donors (Lipinski definition) is 2. The van der Waals surface area contributed by atoms with Crippen LogP contribution in [0.5, 0.6) is 0 Å². The second-order valence-corrected chi connectivity index (χ2v) is 8.87. The van der Waals surface area contributed by atoms with Gasteiger partial charge in [0, 0.05) is 61.5 Å². The van der Waals surface area contributed by atoms with Crippen LogP contribution < -0.4 is 10.6 Å². The van der Waals surface area contributed by atoms with E-state index >= 15 is 0 Å². The Morgan fingerprint density at radius 1 is 0.938 bits per heavy atom. The van der Waals surface area contributed by atoms with Crippen LogP contribution in [-0.2, 0) is 14.1 Å². The first-order valence-corrected chi connectivity index (χ1v) is 11.1. The third-order valence-electron chi connectivity index (χ3n) is 6.74. The summed E-state index contributed by atoms with van der Waals surface area (Å²) in [7, 11) is 3.85. The highest BCUT2D eigenvalue weighted by Crippen LogP contribution is 2.48. The van der Waals surface area contributed by atoms with Gasteiger partial charge in [0.05, 0.1) is 12.4 Å². The summed E-state index contributed by atoms with van der Waals surface area (Å²) >= 11 is 0. The topological polar surface area (TPSA) is 85.5 Å². The van der Waals surface area contributed by atoms with Gasteiger partial charge >= 0.3 is 0 Å². The van der Waals surface area contributed by atoms with Gasteiger partial charge in [-0.05, 0) is 42.5 Å². The number of rotatable bonds is 6. The van der Waals surface area contributed by atoms with Crippen molar-refractivity contribution in [1.82, 2.24) is 34.8 Å². The van der Waals surface area contributed by atoms with Crippen LogP contribution in [0.25, 0.3) is 33.6 Å². The summed E-state index contributed by atoms with van der Waals surface area (Å²) in [6, 6.07) is 8.31. The predicted octanol–water partition coefficient (Wildman–Crippen LogP) is 2.82. The first-order valence-electron chi connectivity index (χ1n) is 11.1. The van der Waals surface area contributed by atoms with Crippen molar-refractivity contribution in [2.45, 2.75) is 0 Å². The lowest BCUT2D eigenvalue weighted by Gasteiger charge is -2.13. The fourth-order valence-corrected chi connectivity index (χ4v) is 4.90. The van der Waals surface area contributed by atoms with E-state index in [9.17, 15) is 0 Å². The molecule has 8 nitrogen and oxygen atoms in total. The van der Waals surface area contributed by atoms with Crippen LogP contribution in [0.1, 0.15) is 0 Å². The minimum Gasteiger partial charge on any atom is -0.369 e. The van der Waals surface area contributed by atoms with Gasteiger partial charge in [-0.25, -0.2) is 9.97 Å². The Labute approximate surface area is 186 Å². The lowest BCUT2D eigenvalue weighted by atomic mass is 10.1. The minimum absolute atomic E-state index is 0.712. The van der Waals surface area contributed by atoms with Crippen molar-refractivity contribution in [2.24, 2.45) is 31.8 Å². The molecule has 4 aromatic rings. The average molecular weight is 427 g/mol. The number of piperidine rings is 1. The Morgan fingerprint density at radius 3 is 2.38 bits per heavy atom. The van der Waals surface area contributed by atoms with Crippen LogP contribution in [-0.4, -0.2) is 49.2 Å². The molecule has 0 bridgehead atoms. The molecule has 0 spiro atoms. The molecule has 1 aliphatic carbocycles. The normalized spacial score (nSPS) is 21.5. The highest BCUT2D eigenvalue weighted by molar-refractivity contribution is 5.76. The fraction of sp³-hybridized carbons (Fsp3) is 0.333. The molecule has 6 rings (SSSR count). The molecule has 162 valence electrons. The van der Waals surface area contributed by atoms with Crippen molar-refractivity contribution in [3.05, 3.63) is 55.2 Å². The summed E-state index contributed by atoms with van der Waals surface area (Å²) in [5.74, 6) is 3.92. The highest BCUT2D eigenvalue weighted by atomic mass is 15.2. The molecule has 1 aliphatic heterocycles. The number of aryl methyl sites for hydroxylation is 2. The van der Waals surface area contributed by atoms with E-state index in [1.165, 1.54) is 0 Å². The van der Waals surface area contributed by atoms with Crippen molar-refractivity contribution >= 4 is 5.82 Å². The Hall–Kier alpha value is -3.52. The Kier molecular flexibility index (Phi) is 4.53. The van der Waals surface area contributed by atoms with Gasteiger partial charge in [0.1, 0.15) is 5.82 Å². The van der Waals surface area contributed by atoms with Crippen molar-refractivity contribution in [3.63, 3.8) is 0 Å². The highest BCUT2D eigenvalue weighted by Gasteiger charge is 2.52. The maximum atomic E-state index is 4.97. The third-order valence-corrected chi connectivity index (χ3v) is 6.74. The van der Waals surface area contributed by atoms with E-state index in [1.807, 2.05) is 55.8 Å². The molecule has 1 saturated carbocycles. The molecule has 0 radical (unpaired) electrons. The van der Waals surface area contributed by atoms with E-state index in [0.29, 0.717) is 5.82 Å². The molecule has 3 atom stereocenters. The van der Waals surface area contributed by atoms with Gasteiger partial charge in [0.2, 0.25) is 0 Å². The van der Waals surface area contributed by atoms with Crippen LogP contribution in [0, 0.1) is 17.8 Å². The van der Waals surface area contributed by atoms with Crippen LogP contribution in [0.15, 0.2) is 55.2 Å². The molecular formula is C24H26N8. The summed E-state index contributed by atoms with van der Waals surface area (Å²) in [5, 5.41) is 15.7. The number of aromatic nitrogens is 6. The van der Waals surface area contributed by atoms with E-state index in [4.69, 9.17) is 9.97 Å². The number of nitrogens with zero attached hydrogens (tertiary/aromatic N) is 6. The van der Waals surface area contributed by atoms with Gasteiger partial charge in [-0.2, -0.15) is 10.2 Å². The maximum absolute atomic E-state index is 4.97. The quantitative estimate of drug-likeness (QED) is 0.493. The molecule has 2 aliphatic rings. The van der Waals surface area contributed by atoms with Crippen LogP contribution in [0.3, 0.4) is 0 Å². The predicted molar refractivity (Wildman–Crippen MR) is 124 cm³/mol. The molecule has 4 heterocycles. The SMILES string of the molecule is Cn1cc(-c2cccc(-c3ncc(-c4cnn(C)c4)c(NCC4[C@H]5CNC[C@@H]45)n3)c2)cn1. The Bertz CT molecular complexity index is 1260. The van der Waals surface area contributed by atoms with Gasteiger partial charge < -0.3 is 10.6 Å². The summed E-state index contributed by atoms with van der Waals surface area (Å²) in [6.07, 6.45) is 9.66. The van der Waals surface area contributed by atoms with E-state index in [-0.39, 0.29) is 0 Å². The zero-order valence-electron chi connectivity index (χ0n) is 18.2. The van der Waals surface area contributed by atoms with E-state index in [2.05, 4.69) is 39.0 Å². The smallest absolute Gasteiger partial charge is 0.161 e. The zero-order chi connectivity index (χ0) is 21.7. The second-order valence-electron chi connectivity index (χ2n) is 8.87. The number of benzene rings is 1. The summed E-state index contributed by atoms with van der Waals surface area (Å²) in [6.45, 7) is 3.22. The largest absolute Gasteiger partial charge is 0.369 e. The lowest BCUT2D eigenvalue weighted by molar-refractivity contribution is 0.615.